The molecule has 0 fully saturated rings. The van der Waals surface area contributed by atoms with Gasteiger partial charge in [-0.2, -0.15) is 0 Å². The highest BCUT2D eigenvalue weighted by molar-refractivity contribution is 7.90. The van der Waals surface area contributed by atoms with Crippen LogP contribution in [0.2, 0.25) is 0 Å². The van der Waals surface area contributed by atoms with E-state index in [0.717, 1.165) is 52.5 Å². The van der Waals surface area contributed by atoms with Crippen LogP contribution in [0.25, 0.3) is 10.9 Å². The molecule has 0 radical (unpaired) electrons. The van der Waals surface area contributed by atoms with Crippen molar-refractivity contribution in [2.75, 3.05) is 6.26 Å². The Hall–Kier alpha value is -2.73. The lowest BCUT2D eigenvalue weighted by Gasteiger charge is -2.13. The van der Waals surface area contributed by atoms with Crippen LogP contribution in [0.1, 0.15) is 33.6 Å². The van der Waals surface area contributed by atoms with Crippen LogP contribution in [0.3, 0.4) is 0 Å². The van der Waals surface area contributed by atoms with Gasteiger partial charge in [-0.1, -0.05) is 30.3 Å². The van der Waals surface area contributed by atoms with Crippen molar-refractivity contribution in [2.24, 2.45) is 0 Å². The Kier molecular flexibility index (Phi) is 4.44. The predicted octanol–water partition coefficient (Wildman–Crippen LogP) is 3.06. The maximum atomic E-state index is 13.0. The number of aryl methyl sites for hydroxylation is 1. The zero-order valence-corrected chi connectivity index (χ0v) is 15.8. The zero-order valence-electron chi connectivity index (χ0n) is 15.0. The van der Waals surface area contributed by atoms with Gasteiger partial charge < -0.3 is 5.32 Å². The van der Waals surface area contributed by atoms with Crippen molar-refractivity contribution in [3.05, 3.63) is 70.9 Å². The number of aromatic nitrogens is 1. The molecule has 1 N–H and O–H groups in total. The molecule has 0 unspecified atom stereocenters. The lowest BCUT2D eigenvalue weighted by molar-refractivity contribution is 0.0951. The van der Waals surface area contributed by atoms with Gasteiger partial charge >= 0.3 is 0 Å². The third kappa shape index (κ3) is 3.45. The van der Waals surface area contributed by atoms with Gasteiger partial charge in [-0.3, -0.25) is 9.78 Å². The van der Waals surface area contributed by atoms with E-state index in [1.165, 1.54) is 6.26 Å². The van der Waals surface area contributed by atoms with Gasteiger partial charge in [-0.15, -0.1) is 0 Å². The molecule has 1 heterocycles. The van der Waals surface area contributed by atoms with Crippen LogP contribution in [-0.4, -0.2) is 25.6 Å². The van der Waals surface area contributed by atoms with Crippen molar-refractivity contribution < 1.29 is 13.2 Å². The second-order valence-corrected chi connectivity index (χ2v) is 8.90. The summed E-state index contributed by atoms with van der Waals surface area (Å²) >= 11 is 0. The van der Waals surface area contributed by atoms with E-state index in [1.54, 1.807) is 24.3 Å². The predicted molar refractivity (Wildman–Crippen MR) is 104 cm³/mol. The number of hydrogen-bond donors (Lipinski definition) is 1. The first-order valence-electron chi connectivity index (χ1n) is 8.91. The normalized spacial score (nSPS) is 13.5. The first-order valence-corrected chi connectivity index (χ1v) is 10.8. The molecule has 0 atom stereocenters. The maximum absolute atomic E-state index is 13.0. The van der Waals surface area contributed by atoms with Crippen molar-refractivity contribution in [3.8, 4) is 0 Å². The van der Waals surface area contributed by atoms with Gasteiger partial charge in [0.1, 0.15) is 0 Å². The van der Waals surface area contributed by atoms with Crippen molar-refractivity contribution in [3.63, 3.8) is 0 Å². The van der Waals surface area contributed by atoms with E-state index in [-0.39, 0.29) is 10.8 Å². The lowest BCUT2D eigenvalue weighted by Crippen LogP contribution is -2.24. The summed E-state index contributed by atoms with van der Waals surface area (Å²) < 4.78 is 23.1. The quantitative estimate of drug-likeness (QED) is 0.755. The highest BCUT2D eigenvalue weighted by Crippen LogP contribution is 2.29. The van der Waals surface area contributed by atoms with Gasteiger partial charge in [0.25, 0.3) is 5.91 Å². The van der Waals surface area contributed by atoms with Crippen molar-refractivity contribution in [2.45, 2.75) is 30.7 Å². The summed E-state index contributed by atoms with van der Waals surface area (Å²) in [5.74, 6) is -0.112. The molecule has 1 aliphatic carbocycles. The fourth-order valence-corrected chi connectivity index (χ4v) is 4.23. The topological polar surface area (TPSA) is 76.1 Å². The first kappa shape index (κ1) is 17.7. The van der Waals surface area contributed by atoms with Crippen LogP contribution in [0.5, 0.6) is 0 Å². The molecular weight excluding hydrogens is 360 g/mol. The van der Waals surface area contributed by atoms with Crippen molar-refractivity contribution >= 4 is 26.6 Å². The summed E-state index contributed by atoms with van der Waals surface area (Å²) in [5.41, 5.74) is 4.50. The largest absolute Gasteiger partial charge is 0.348 e. The number of amides is 1. The Morgan fingerprint density at radius 2 is 1.81 bits per heavy atom. The Balaban J connectivity index is 1.61. The van der Waals surface area contributed by atoms with Gasteiger partial charge in [0.2, 0.25) is 0 Å². The van der Waals surface area contributed by atoms with E-state index in [0.29, 0.717) is 6.54 Å². The number of fused-ring (bicyclic) bond motifs is 2. The third-order valence-corrected chi connectivity index (χ3v) is 6.08. The van der Waals surface area contributed by atoms with Crippen LogP contribution in [0, 0.1) is 0 Å². The van der Waals surface area contributed by atoms with E-state index in [1.807, 2.05) is 24.3 Å². The first-order chi connectivity index (χ1) is 12.9. The number of benzene rings is 2. The second kappa shape index (κ2) is 6.78. The van der Waals surface area contributed by atoms with Crippen LogP contribution in [0.4, 0.5) is 0 Å². The van der Waals surface area contributed by atoms with Crippen molar-refractivity contribution in [1.82, 2.24) is 10.3 Å². The average Bonchev–Trinajstić information content (AvgIpc) is 3.11. The molecule has 27 heavy (non-hydrogen) atoms. The van der Waals surface area contributed by atoms with E-state index in [9.17, 15) is 13.2 Å². The summed E-state index contributed by atoms with van der Waals surface area (Å²) in [6, 6.07) is 14.3. The lowest BCUT2D eigenvalue weighted by atomic mass is 10.0. The summed E-state index contributed by atoms with van der Waals surface area (Å²) in [4.78, 5) is 18.0. The summed E-state index contributed by atoms with van der Waals surface area (Å²) in [6.45, 7) is 0.342. The van der Waals surface area contributed by atoms with Gasteiger partial charge in [0.15, 0.2) is 9.84 Å². The van der Waals surface area contributed by atoms with Crippen LogP contribution in [-0.2, 0) is 29.2 Å². The molecule has 138 valence electrons. The fraction of sp³-hybridized carbons (Fsp3) is 0.238. The Morgan fingerprint density at radius 1 is 1.07 bits per heavy atom. The molecule has 0 aliphatic heterocycles. The Labute approximate surface area is 158 Å². The number of pyridine rings is 1. The summed E-state index contributed by atoms with van der Waals surface area (Å²) in [5, 5.41) is 3.86. The smallest absolute Gasteiger partial charge is 0.252 e. The molecule has 5 nitrogen and oxygen atoms in total. The zero-order chi connectivity index (χ0) is 19.0. The number of nitrogens with one attached hydrogen (secondary N) is 1. The molecule has 3 aromatic rings. The number of hydrogen-bond acceptors (Lipinski definition) is 4. The monoisotopic (exact) mass is 380 g/mol. The molecule has 2 aromatic carbocycles. The molecule has 0 saturated heterocycles. The minimum atomic E-state index is -3.22. The number of nitrogens with zero attached hydrogens (tertiary/aromatic N) is 1. The van der Waals surface area contributed by atoms with E-state index < -0.39 is 9.84 Å². The maximum Gasteiger partial charge on any atom is 0.252 e. The molecular formula is C21H20N2O3S. The molecule has 1 aliphatic rings. The van der Waals surface area contributed by atoms with Gasteiger partial charge in [0.05, 0.1) is 16.0 Å². The second-order valence-electron chi connectivity index (χ2n) is 6.88. The molecule has 6 heteroatoms. The minimum Gasteiger partial charge on any atom is -0.348 e. The molecule has 4 rings (SSSR count). The molecule has 0 spiro atoms. The Morgan fingerprint density at radius 3 is 2.56 bits per heavy atom. The number of carbonyl (C=O) groups is 1. The number of rotatable bonds is 4. The number of para-hydroxylation sites is 1. The SMILES string of the molecule is CS(=O)(=O)c1ccc(CNC(=O)c2c3c(nc4ccccc24)CCC3)cc1. The van der Waals surface area contributed by atoms with Crippen LogP contribution >= 0.6 is 0 Å². The van der Waals surface area contributed by atoms with Gasteiger partial charge in [-0.05, 0) is 48.6 Å². The highest BCUT2D eigenvalue weighted by atomic mass is 32.2. The molecule has 1 amide bonds. The average molecular weight is 380 g/mol. The number of sulfone groups is 1. The third-order valence-electron chi connectivity index (χ3n) is 4.95. The van der Waals surface area contributed by atoms with Crippen LogP contribution in [0.15, 0.2) is 53.4 Å². The van der Waals surface area contributed by atoms with Crippen LogP contribution < -0.4 is 5.32 Å². The fourth-order valence-electron chi connectivity index (χ4n) is 3.60. The van der Waals surface area contributed by atoms with Crippen molar-refractivity contribution in [1.29, 1.82) is 0 Å². The van der Waals surface area contributed by atoms with E-state index in [4.69, 9.17) is 4.98 Å². The standard InChI is InChI=1S/C21H20N2O3S/c1-27(25,26)15-11-9-14(10-12-15)13-22-21(24)20-16-5-2-3-7-18(16)23-19-8-4-6-17(19)20/h2-3,5,7,9-12H,4,6,8,13H2,1H3,(H,22,24). The number of carbonyl (C=O) groups excluding carboxylic acids is 1. The van der Waals surface area contributed by atoms with E-state index in [2.05, 4.69) is 5.32 Å². The molecule has 0 bridgehead atoms. The van der Waals surface area contributed by atoms with E-state index >= 15 is 0 Å². The van der Waals surface area contributed by atoms with Gasteiger partial charge in [-0.25, -0.2) is 8.42 Å². The molecule has 0 saturated carbocycles. The van der Waals surface area contributed by atoms with Gasteiger partial charge in [0, 0.05) is 23.9 Å². The Bertz CT molecular complexity index is 1140. The minimum absolute atomic E-state index is 0.112. The molecule has 1 aromatic heterocycles. The summed E-state index contributed by atoms with van der Waals surface area (Å²) in [6.07, 6.45) is 3.98. The highest BCUT2D eigenvalue weighted by Gasteiger charge is 2.23. The summed E-state index contributed by atoms with van der Waals surface area (Å²) in [7, 11) is -3.22.